The van der Waals surface area contributed by atoms with E-state index in [1.807, 2.05) is 0 Å². The number of hydrogen-bond acceptors (Lipinski definition) is 2. The van der Waals surface area contributed by atoms with Gasteiger partial charge in [0.25, 0.3) is 0 Å². The predicted octanol–water partition coefficient (Wildman–Crippen LogP) is 2.05. The Balaban J connectivity index is 3.50. The second-order valence-corrected chi connectivity index (χ2v) is 2.43. The molecule has 0 aromatic carbocycles. The molecule has 0 unspecified atom stereocenters. The molecule has 2 nitrogen and oxygen atoms in total. The second-order valence-electron chi connectivity index (χ2n) is 1.68. The number of aromatic nitrogens is 1. The molecule has 52 valence electrons. The molecule has 0 fully saturated rings. The van der Waals surface area contributed by atoms with Crippen LogP contribution >= 0.6 is 15.9 Å². The Morgan fingerprint density at radius 1 is 1.80 bits per heavy atom. The summed E-state index contributed by atoms with van der Waals surface area (Å²) in [7, 11) is 0. The predicted molar refractivity (Wildman–Crippen MR) is 41.9 cm³/mol. The van der Waals surface area contributed by atoms with Gasteiger partial charge in [0.05, 0.1) is 4.11 Å². The van der Waals surface area contributed by atoms with Crippen molar-refractivity contribution in [2.75, 3.05) is 0 Å². The maximum Gasteiger partial charge on any atom is 0.178 e. The fourth-order valence-corrected chi connectivity index (χ4v) is 0.739. The van der Waals surface area contributed by atoms with E-state index in [1.54, 1.807) is 0 Å². The number of pyridine rings is 1. The number of ketones is 1. The number of carbonyl (C=O) groups excluding carboxylic acids is 1. The lowest BCUT2D eigenvalue weighted by atomic mass is 10.3. The normalized spacial score (nSPS) is 13.6. The largest absolute Gasteiger partial charge is 0.293 e. The summed E-state index contributed by atoms with van der Waals surface area (Å²) >= 11 is 2.95. The van der Waals surface area contributed by atoms with Crippen LogP contribution in [0.1, 0.15) is 21.5 Å². The Bertz CT molecular complexity index is 380. The standard InChI is InChI=1S/C7H6BrNO/c1-5(10)6-3-2-4-7(8)9-6/h2-4H,1H3/i2D,3D,4D. The molecule has 3 heteroatoms. The molecule has 1 aromatic heterocycles. The van der Waals surface area contributed by atoms with Crippen molar-refractivity contribution in [3.05, 3.63) is 28.4 Å². The minimum Gasteiger partial charge on any atom is -0.293 e. The van der Waals surface area contributed by atoms with Gasteiger partial charge in [-0.3, -0.25) is 4.79 Å². The lowest BCUT2D eigenvalue weighted by Crippen LogP contribution is -1.95. The van der Waals surface area contributed by atoms with E-state index in [0.29, 0.717) is 0 Å². The van der Waals surface area contributed by atoms with E-state index in [1.165, 1.54) is 6.92 Å². The van der Waals surface area contributed by atoms with Crippen molar-refractivity contribution in [3.8, 4) is 0 Å². The van der Waals surface area contributed by atoms with Crippen LogP contribution in [0.4, 0.5) is 0 Å². The van der Waals surface area contributed by atoms with Gasteiger partial charge < -0.3 is 0 Å². The lowest BCUT2D eigenvalue weighted by molar-refractivity contribution is 0.101. The fraction of sp³-hybridized carbons (Fsp3) is 0.143. The summed E-state index contributed by atoms with van der Waals surface area (Å²) in [6.07, 6.45) is 0. The van der Waals surface area contributed by atoms with E-state index in [4.69, 9.17) is 4.11 Å². The van der Waals surface area contributed by atoms with Crippen LogP contribution in [0, 0.1) is 0 Å². The van der Waals surface area contributed by atoms with Crippen LogP contribution in [0.3, 0.4) is 0 Å². The Labute approximate surface area is 71.6 Å². The molecule has 0 spiro atoms. The number of Topliss-reactive ketones (excluding diaryl/α,β-unsaturated/α-hetero) is 1. The van der Waals surface area contributed by atoms with Crippen molar-refractivity contribution in [2.45, 2.75) is 6.92 Å². The molecule has 1 aromatic rings. The molecule has 0 aliphatic rings. The van der Waals surface area contributed by atoms with Gasteiger partial charge in [-0.05, 0) is 28.0 Å². The Morgan fingerprint density at radius 3 is 3.10 bits per heavy atom. The third-order valence-electron chi connectivity index (χ3n) is 0.890. The summed E-state index contributed by atoms with van der Waals surface area (Å²) in [6.45, 7) is 1.27. The molecule has 0 atom stereocenters. The van der Waals surface area contributed by atoms with E-state index in [-0.39, 0.29) is 34.2 Å². The van der Waals surface area contributed by atoms with Crippen molar-refractivity contribution in [1.29, 1.82) is 0 Å². The minimum atomic E-state index is -0.376. The molecule has 0 bridgehead atoms. The Morgan fingerprint density at radius 2 is 2.50 bits per heavy atom. The summed E-state index contributed by atoms with van der Waals surface area (Å²) in [4.78, 5) is 14.6. The fourth-order valence-electron chi connectivity index (χ4n) is 0.463. The first-order valence-electron chi connectivity index (χ1n) is 4.09. The molecule has 0 radical (unpaired) electrons. The first kappa shape index (κ1) is 4.23. The topological polar surface area (TPSA) is 30.0 Å². The van der Waals surface area contributed by atoms with E-state index in [9.17, 15) is 4.79 Å². The molecule has 1 heterocycles. The van der Waals surface area contributed by atoms with Gasteiger partial charge in [-0.2, -0.15) is 0 Å². The lowest BCUT2D eigenvalue weighted by Gasteiger charge is -1.92. The van der Waals surface area contributed by atoms with Crippen molar-refractivity contribution in [1.82, 2.24) is 4.98 Å². The number of carbonyl (C=O) groups is 1. The van der Waals surface area contributed by atoms with Crippen LogP contribution in [0.25, 0.3) is 0 Å². The third-order valence-corrected chi connectivity index (χ3v) is 1.27. The smallest absolute Gasteiger partial charge is 0.178 e. The van der Waals surface area contributed by atoms with E-state index < -0.39 is 0 Å². The average molecular weight is 203 g/mol. The molecule has 0 saturated heterocycles. The van der Waals surface area contributed by atoms with Gasteiger partial charge in [-0.15, -0.1) is 0 Å². The van der Waals surface area contributed by atoms with Crippen LogP contribution in [0.5, 0.6) is 0 Å². The molecule has 0 aliphatic heterocycles. The van der Waals surface area contributed by atoms with Gasteiger partial charge in [0.2, 0.25) is 0 Å². The Hall–Kier alpha value is -0.700. The maximum absolute atomic E-state index is 10.9. The monoisotopic (exact) mass is 202 g/mol. The summed E-state index contributed by atoms with van der Waals surface area (Å²) in [5.74, 6) is -0.376. The molecule has 0 saturated carbocycles. The highest BCUT2D eigenvalue weighted by atomic mass is 79.9. The van der Waals surface area contributed by atoms with Crippen molar-refractivity contribution in [3.63, 3.8) is 0 Å². The summed E-state index contributed by atoms with van der Waals surface area (Å²) in [6, 6.07) is -0.747. The highest BCUT2D eigenvalue weighted by Crippen LogP contribution is 2.05. The highest BCUT2D eigenvalue weighted by molar-refractivity contribution is 9.10. The van der Waals surface area contributed by atoms with Gasteiger partial charge in [0.15, 0.2) is 5.78 Å². The second kappa shape index (κ2) is 2.92. The first-order chi connectivity index (χ1) is 5.95. The minimum absolute atomic E-state index is 0.0760. The number of halogens is 1. The van der Waals surface area contributed by atoms with E-state index in [0.717, 1.165) is 0 Å². The van der Waals surface area contributed by atoms with Crippen molar-refractivity contribution >= 4 is 21.7 Å². The zero-order valence-electron chi connectivity index (χ0n) is 8.23. The molecule has 0 amide bonds. The first-order valence-corrected chi connectivity index (χ1v) is 3.38. The van der Waals surface area contributed by atoms with Crippen LogP contribution in [-0.2, 0) is 0 Å². The van der Waals surface area contributed by atoms with Crippen molar-refractivity contribution < 1.29 is 8.91 Å². The van der Waals surface area contributed by atoms with Gasteiger partial charge in [0, 0.05) is 6.92 Å². The summed E-state index contributed by atoms with van der Waals surface area (Å²) in [5.41, 5.74) is -0.0760. The summed E-state index contributed by atoms with van der Waals surface area (Å²) < 4.78 is 22.1. The zero-order chi connectivity index (χ0) is 10.2. The molecule has 1 rings (SSSR count). The van der Waals surface area contributed by atoms with Gasteiger partial charge in [-0.1, -0.05) is 6.04 Å². The third kappa shape index (κ3) is 1.64. The molecule has 0 N–H and O–H groups in total. The highest BCUT2D eigenvalue weighted by Gasteiger charge is 1.98. The Kier molecular flexibility index (Phi) is 1.24. The molecule has 0 aliphatic carbocycles. The summed E-state index contributed by atoms with van der Waals surface area (Å²) in [5, 5.41) is 0. The van der Waals surface area contributed by atoms with Gasteiger partial charge >= 0.3 is 0 Å². The van der Waals surface area contributed by atoms with E-state index in [2.05, 4.69) is 20.9 Å². The van der Waals surface area contributed by atoms with Crippen LogP contribution in [0.15, 0.2) is 22.7 Å². The SMILES string of the molecule is [2H]c1c(Br)nc(C(C)=O)c([2H])c1[2H]. The van der Waals surface area contributed by atoms with Crippen LogP contribution in [0.2, 0.25) is 0 Å². The maximum atomic E-state index is 10.9. The van der Waals surface area contributed by atoms with Gasteiger partial charge in [-0.25, -0.2) is 4.98 Å². The number of hydrogen-bond donors (Lipinski definition) is 0. The quantitative estimate of drug-likeness (QED) is 0.516. The zero-order valence-corrected chi connectivity index (χ0v) is 6.82. The van der Waals surface area contributed by atoms with Gasteiger partial charge in [0.1, 0.15) is 10.3 Å². The average Bonchev–Trinajstić information content (AvgIpc) is 2.07. The molecule has 10 heavy (non-hydrogen) atoms. The number of rotatable bonds is 1. The van der Waals surface area contributed by atoms with E-state index >= 15 is 0 Å². The van der Waals surface area contributed by atoms with Crippen molar-refractivity contribution in [2.24, 2.45) is 0 Å². The number of nitrogens with zero attached hydrogens (tertiary/aromatic N) is 1. The van der Waals surface area contributed by atoms with Crippen LogP contribution in [-0.4, -0.2) is 10.8 Å². The molecular formula is C7H6BrNO. The van der Waals surface area contributed by atoms with Crippen LogP contribution < -0.4 is 0 Å². The molecular weight excluding hydrogens is 194 g/mol.